The number of rotatable bonds is 7. The predicted molar refractivity (Wildman–Crippen MR) is 105 cm³/mol. The monoisotopic (exact) mass is 394 g/mol. The molecular weight excluding hydrogens is 372 g/mol. The highest BCUT2D eigenvalue weighted by atomic mass is 35.5. The molecule has 0 heterocycles. The summed E-state index contributed by atoms with van der Waals surface area (Å²) in [6.07, 6.45) is 0.764. The summed E-state index contributed by atoms with van der Waals surface area (Å²) in [6, 6.07) is 13.0. The van der Waals surface area contributed by atoms with Crippen LogP contribution in [-0.4, -0.2) is 26.9 Å². The highest BCUT2D eigenvalue weighted by molar-refractivity contribution is 7.92. The molecule has 1 N–H and O–H groups in total. The van der Waals surface area contributed by atoms with E-state index < -0.39 is 10.0 Å². The molecule has 0 radical (unpaired) electrons. The quantitative estimate of drug-likeness (QED) is 0.777. The first-order valence-corrected chi connectivity index (χ1v) is 10.2. The Balaban J connectivity index is 2.45. The van der Waals surface area contributed by atoms with Crippen molar-refractivity contribution in [2.24, 2.45) is 0 Å². The van der Waals surface area contributed by atoms with Crippen LogP contribution < -0.4 is 9.62 Å². The van der Waals surface area contributed by atoms with Gasteiger partial charge in [-0.25, -0.2) is 8.42 Å². The minimum Gasteiger partial charge on any atom is -0.352 e. The second-order valence-corrected chi connectivity index (χ2v) is 8.43. The highest BCUT2D eigenvalue weighted by Crippen LogP contribution is 2.27. The van der Waals surface area contributed by atoms with Crippen molar-refractivity contribution in [3.63, 3.8) is 0 Å². The molecule has 1 amide bonds. The van der Waals surface area contributed by atoms with Crippen LogP contribution in [0.3, 0.4) is 0 Å². The summed E-state index contributed by atoms with van der Waals surface area (Å²) < 4.78 is 27.5. The molecule has 1 atom stereocenters. The maximum atomic E-state index is 13.2. The van der Waals surface area contributed by atoms with Gasteiger partial charge < -0.3 is 5.32 Å². The number of amides is 1. The van der Waals surface area contributed by atoms with Gasteiger partial charge >= 0.3 is 0 Å². The van der Waals surface area contributed by atoms with Crippen LogP contribution in [0.5, 0.6) is 0 Å². The van der Waals surface area contributed by atoms with Gasteiger partial charge in [0.2, 0.25) is 5.91 Å². The minimum atomic E-state index is -3.92. The fourth-order valence-electron chi connectivity index (χ4n) is 2.43. The topological polar surface area (TPSA) is 66.5 Å². The van der Waals surface area contributed by atoms with E-state index in [1.54, 1.807) is 12.1 Å². The van der Waals surface area contributed by atoms with E-state index in [1.807, 2.05) is 32.9 Å². The Morgan fingerprint density at radius 2 is 1.77 bits per heavy atom. The lowest BCUT2D eigenvalue weighted by Crippen LogP contribution is -2.43. The van der Waals surface area contributed by atoms with Crippen LogP contribution in [0.15, 0.2) is 53.4 Å². The third-order valence-corrected chi connectivity index (χ3v) is 6.12. The number of nitrogens with one attached hydrogen (secondary N) is 1. The Bertz CT molecular complexity index is 867. The second-order valence-electron chi connectivity index (χ2n) is 6.13. The average Bonchev–Trinajstić information content (AvgIpc) is 2.60. The number of hydrogen-bond donors (Lipinski definition) is 1. The lowest BCUT2D eigenvalue weighted by molar-refractivity contribution is -0.120. The third-order valence-electron chi connectivity index (χ3n) is 4.09. The number of carbonyl (C=O) groups excluding carboxylic acids is 1. The van der Waals surface area contributed by atoms with E-state index >= 15 is 0 Å². The van der Waals surface area contributed by atoms with E-state index in [4.69, 9.17) is 11.6 Å². The number of sulfonamides is 1. The smallest absolute Gasteiger partial charge is 0.264 e. The number of halogens is 1. The van der Waals surface area contributed by atoms with Crippen molar-refractivity contribution in [3.8, 4) is 0 Å². The molecule has 140 valence electrons. The first-order chi connectivity index (χ1) is 12.3. The van der Waals surface area contributed by atoms with Crippen LogP contribution in [-0.2, 0) is 14.8 Å². The Hall–Kier alpha value is -2.05. The molecule has 26 heavy (non-hydrogen) atoms. The first-order valence-electron chi connectivity index (χ1n) is 8.39. The Labute approximate surface area is 160 Å². The van der Waals surface area contributed by atoms with Gasteiger partial charge in [-0.05, 0) is 56.2 Å². The molecule has 5 nitrogen and oxygen atoms in total. The van der Waals surface area contributed by atoms with Gasteiger partial charge in [0.25, 0.3) is 10.0 Å². The Kier molecular flexibility index (Phi) is 6.67. The molecule has 7 heteroatoms. The fourth-order valence-corrected chi connectivity index (χ4v) is 4.04. The molecule has 0 unspecified atom stereocenters. The predicted octanol–water partition coefficient (Wildman–Crippen LogP) is 3.76. The minimum absolute atomic E-state index is 0.0283. The summed E-state index contributed by atoms with van der Waals surface area (Å²) in [6.45, 7) is 5.35. The number of nitrogens with zero attached hydrogens (tertiary/aromatic N) is 1. The zero-order valence-electron chi connectivity index (χ0n) is 15.1. The molecular formula is C19H23ClN2O3S. The highest BCUT2D eigenvalue weighted by Gasteiger charge is 2.28. The van der Waals surface area contributed by atoms with Crippen LogP contribution in [0.4, 0.5) is 5.69 Å². The Morgan fingerprint density at radius 3 is 2.35 bits per heavy atom. The summed E-state index contributed by atoms with van der Waals surface area (Å²) in [5.74, 6) is -0.347. The number of hydrogen-bond acceptors (Lipinski definition) is 3. The van der Waals surface area contributed by atoms with Crippen molar-refractivity contribution < 1.29 is 13.2 Å². The van der Waals surface area contributed by atoms with Gasteiger partial charge in [0.05, 0.1) is 10.6 Å². The zero-order chi connectivity index (χ0) is 19.3. The van der Waals surface area contributed by atoms with Gasteiger partial charge in [-0.15, -0.1) is 0 Å². The molecule has 0 aromatic heterocycles. The molecule has 0 spiro atoms. The summed E-state index contributed by atoms with van der Waals surface area (Å²) in [7, 11) is -3.92. The van der Waals surface area contributed by atoms with Crippen LogP contribution in [0.2, 0.25) is 5.02 Å². The summed E-state index contributed by atoms with van der Waals surface area (Å²) in [5.41, 5.74) is 1.24. The van der Waals surface area contributed by atoms with Crippen LogP contribution in [0, 0.1) is 6.92 Å². The standard InChI is InChI=1S/C19H23ClN2O3S/c1-4-15(3)21-19(23)13-22(18-8-6-5-7-14(18)2)26(24,25)17-11-9-16(20)10-12-17/h5-12,15H,4,13H2,1-3H3,(H,21,23)/t15-/m0/s1. The molecule has 2 aromatic rings. The van der Waals surface area contributed by atoms with E-state index in [0.29, 0.717) is 10.7 Å². The molecule has 0 aliphatic heterocycles. The molecule has 0 saturated carbocycles. The van der Waals surface area contributed by atoms with Crippen LogP contribution in [0.1, 0.15) is 25.8 Å². The summed E-state index contributed by atoms with van der Waals surface area (Å²) in [4.78, 5) is 12.5. The first kappa shape index (κ1) is 20.3. The van der Waals surface area contributed by atoms with Crippen molar-refractivity contribution >= 4 is 33.2 Å². The maximum absolute atomic E-state index is 13.2. The number of para-hydroxylation sites is 1. The molecule has 2 aromatic carbocycles. The largest absolute Gasteiger partial charge is 0.352 e. The van der Waals surface area contributed by atoms with Gasteiger partial charge in [0, 0.05) is 11.1 Å². The van der Waals surface area contributed by atoms with E-state index in [2.05, 4.69) is 5.32 Å². The zero-order valence-corrected chi connectivity index (χ0v) is 16.6. The third kappa shape index (κ3) is 4.77. The van der Waals surface area contributed by atoms with Crippen molar-refractivity contribution in [1.29, 1.82) is 0 Å². The van der Waals surface area contributed by atoms with Gasteiger partial charge in [-0.2, -0.15) is 0 Å². The Morgan fingerprint density at radius 1 is 1.15 bits per heavy atom. The van der Waals surface area contributed by atoms with Crippen molar-refractivity contribution in [2.45, 2.75) is 38.1 Å². The molecule has 0 saturated heterocycles. The van der Waals surface area contributed by atoms with E-state index in [9.17, 15) is 13.2 Å². The molecule has 0 aliphatic rings. The number of carbonyl (C=O) groups is 1. The van der Waals surface area contributed by atoms with Crippen molar-refractivity contribution in [3.05, 3.63) is 59.1 Å². The lowest BCUT2D eigenvalue weighted by atomic mass is 10.2. The van der Waals surface area contributed by atoms with E-state index in [1.165, 1.54) is 24.3 Å². The number of anilines is 1. The second kappa shape index (κ2) is 8.56. The number of aryl methyl sites for hydroxylation is 1. The SMILES string of the molecule is CC[C@H](C)NC(=O)CN(c1ccccc1C)S(=O)(=O)c1ccc(Cl)cc1. The van der Waals surface area contributed by atoms with Crippen LogP contribution >= 0.6 is 11.6 Å². The van der Waals surface area contributed by atoms with Gasteiger partial charge in [0.15, 0.2) is 0 Å². The summed E-state index contributed by atoms with van der Waals surface area (Å²) >= 11 is 5.87. The maximum Gasteiger partial charge on any atom is 0.264 e. The van der Waals surface area contributed by atoms with Crippen molar-refractivity contribution in [2.75, 3.05) is 10.8 Å². The van der Waals surface area contributed by atoms with Crippen molar-refractivity contribution in [1.82, 2.24) is 5.32 Å². The van der Waals surface area contributed by atoms with Gasteiger partial charge in [-0.3, -0.25) is 9.10 Å². The lowest BCUT2D eigenvalue weighted by Gasteiger charge is -2.26. The van der Waals surface area contributed by atoms with E-state index in [0.717, 1.165) is 16.3 Å². The van der Waals surface area contributed by atoms with Gasteiger partial charge in [-0.1, -0.05) is 36.7 Å². The molecule has 0 fully saturated rings. The average molecular weight is 395 g/mol. The molecule has 0 bridgehead atoms. The number of benzene rings is 2. The van der Waals surface area contributed by atoms with Crippen LogP contribution in [0.25, 0.3) is 0 Å². The molecule has 2 rings (SSSR count). The fraction of sp³-hybridized carbons (Fsp3) is 0.316. The van der Waals surface area contributed by atoms with Gasteiger partial charge in [0.1, 0.15) is 6.54 Å². The normalized spacial score (nSPS) is 12.5. The molecule has 0 aliphatic carbocycles. The van der Waals surface area contributed by atoms with E-state index in [-0.39, 0.29) is 23.4 Å². The summed E-state index contributed by atoms with van der Waals surface area (Å²) in [5, 5.41) is 3.26.